The van der Waals surface area contributed by atoms with E-state index < -0.39 is 12.0 Å². The molecule has 0 spiro atoms. The number of nitrogens with zero attached hydrogens (tertiary/aromatic N) is 2. The molecule has 0 radical (unpaired) electrons. The van der Waals surface area contributed by atoms with Crippen LogP contribution >= 0.6 is 46.1 Å². The Bertz CT molecular complexity index is 1790. The number of benzene rings is 2. The van der Waals surface area contributed by atoms with Gasteiger partial charge in [-0.05, 0) is 48.9 Å². The molecular formula is C28H21Cl3N2O5S. The topological polar surface area (TPSA) is 83.0 Å². The first-order chi connectivity index (χ1) is 18.8. The van der Waals surface area contributed by atoms with Gasteiger partial charge in [-0.15, -0.1) is 0 Å². The first-order valence-corrected chi connectivity index (χ1v) is 13.7. The minimum Gasteiger partial charge on any atom is -0.460 e. The van der Waals surface area contributed by atoms with Crippen LogP contribution in [0.25, 0.3) is 17.4 Å². The van der Waals surface area contributed by atoms with E-state index in [1.807, 2.05) is 0 Å². The lowest BCUT2D eigenvalue weighted by Gasteiger charge is -2.25. The summed E-state index contributed by atoms with van der Waals surface area (Å²) in [5, 5.41) is 1.37. The molecule has 0 N–H and O–H groups in total. The van der Waals surface area contributed by atoms with Crippen LogP contribution in [0.4, 0.5) is 0 Å². The summed E-state index contributed by atoms with van der Waals surface area (Å²) in [6, 6.07) is 14.9. The van der Waals surface area contributed by atoms with E-state index >= 15 is 0 Å². The number of hydrogen-bond donors (Lipinski definition) is 0. The van der Waals surface area contributed by atoms with Gasteiger partial charge in [0.1, 0.15) is 24.2 Å². The van der Waals surface area contributed by atoms with Gasteiger partial charge in [0.15, 0.2) is 4.80 Å². The van der Waals surface area contributed by atoms with Gasteiger partial charge in [0, 0.05) is 28.8 Å². The van der Waals surface area contributed by atoms with Crippen LogP contribution in [0.2, 0.25) is 15.1 Å². The third kappa shape index (κ3) is 5.48. The number of allylic oxidation sites excluding steroid dienone is 1. The van der Waals surface area contributed by atoms with Crippen molar-refractivity contribution in [1.29, 1.82) is 0 Å². The van der Waals surface area contributed by atoms with Gasteiger partial charge in [-0.3, -0.25) is 9.36 Å². The number of carbonyl (C=O) groups is 1. The van der Waals surface area contributed by atoms with Crippen molar-refractivity contribution < 1.29 is 18.7 Å². The molecule has 0 fully saturated rings. The lowest BCUT2D eigenvalue weighted by atomic mass is 9.96. The van der Waals surface area contributed by atoms with Gasteiger partial charge in [0.2, 0.25) is 0 Å². The first kappa shape index (κ1) is 27.4. The van der Waals surface area contributed by atoms with Crippen LogP contribution in [0, 0.1) is 0 Å². The predicted molar refractivity (Wildman–Crippen MR) is 152 cm³/mol. The van der Waals surface area contributed by atoms with Crippen molar-refractivity contribution in [3.8, 4) is 11.3 Å². The highest BCUT2D eigenvalue weighted by Gasteiger charge is 2.34. The second kappa shape index (κ2) is 11.5. The van der Waals surface area contributed by atoms with Gasteiger partial charge in [-0.2, -0.15) is 0 Å². The van der Waals surface area contributed by atoms with Crippen LogP contribution in [-0.2, 0) is 14.3 Å². The summed E-state index contributed by atoms with van der Waals surface area (Å²) in [7, 11) is 1.52. The molecule has 0 aliphatic carbocycles. The largest absolute Gasteiger partial charge is 0.460 e. The molecule has 7 nitrogen and oxygen atoms in total. The molecule has 3 heterocycles. The third-order valence-electron chi connectivity index (χ3n) is 6.06. The smallest absolute Gasteiger partial charge is 0.338 e. The van der Waals surface area contributed by atoms with Gasteiger partial charge in [0.25, 0.3) is 5.56 Å². The minimum atomic E-state index is -0.827. The van der Waals surface area contributed by atoms with Crippen LogP contribution in [0.3, 0.4) is 0 Å². The molecule has 0 bridgehead atoms. The van der Waals surface area contributed by atoms with E-state index in [1.165, 1.54) is 23.0 Å². The normalized spacial score (nSPS) is 15.3. The number of methoxy groups -OCH3 is 1. The van der Waals surface area contributed by atoms with E-state index in [0.717, 1.165) is 0 Å². The summed E-state index contributed by atoms with van der Waals surface area (Å²) in [6.07, 6.45) is 1.64. The Kier molecular flexibility index (Phi) is 8.11. The average Bonchev–Trinajstić information content (AvgIpc) is 3.48. The Morgan fingerprint density at radius 3 is 2.64 bits per heavy atom. The molecule has 200 valence electrons. The summed E-state index contributed by atoms with van der Waals surface area (Å²) in [6.45, 7) is 2.01. The number of rotatable bonds is 7. The van der Waals surface area contributed by atoms with Crippen molar-refractivity contribution in [3.05, 3.63) is 112 Å². The van der Waals surface area contributed by atoms with Gasteiger partial charge < -0.3 is 13.9 Å². The number of halogens is 3. The van der Waals surface area contributed by atoms with Crippen LogP contribution in [0.5, 0.6) is 0 Å². The number of fused-ring (bicyclic) bond motifs is 1. The average molecular weight is 604 g/mol. The lowest BCUT2D eigenvalue weighted by molar-refractivity contribution is -0.140. The van der Waals surface area contributed by atoms with Crippen LogP contribution in [-0.4, -0.2) is 30.9 Å². The quantitative estimate of drug-likeness (QED) is 0.202. The summed E-state index contributed by atoms with van der Waals surface area (Å²) < 4.78 is 18.2. The molecular weight excluding hydrogens is 583 g/mol. The van der Waals surface area contributed by atoms with E-state index in [9.17, 15) is 9.59 Å². The van der Waals surface area contributed by atoms with E-state index in [-0.39, 0.29) is 24.3 Å². The summed E-state index contributed by atoms with van der Waals surface area (Å²) in [4.78, 5) is 32.0. The molecule has 4 aromatic rings. The Morgan fingerprint density at radius 2 is 1.90 bits per heavy atom. The number of hydrogen-bond acceptors (Lipinski definition) is 7. The molecule has 39 heavy (non-hydrogen) atoms. The Morgan fingerprint density at radius 1 is 1.10 bits per heavy atom. The molecule has 1 aliphatic heterocycles. The molecule has 5 rings (SSSR count). The predicted octanol–water partition coefficient (Wildman–Crippen LogP) is 5.65. The monoisotopic (exact) mass is 602 g/mol. The Balaban J connectivity index is 1.61. The fraction of sp³-hybridized carbons (Fsp3) is 0.179. The van der Waals surface area contributed by atoms with Crippen molar-refractivity contribution in [2.24, 2.45) is 4.99 Å². The Labute approximate surface area is 242 Å². The highest BCUT2D eigenvalue weighted by Crippen LogP contribution is 2.35. The molecule has 2 aromatic carbocycles. The first-order valence-electron chi connectivity index (χ1n) is 11.8. The van der Waals surface area contributed by atoms with Crippen molar-refractivity contribution in [1.82, 2.24) is 4.57 Å². The zero-order chi connectivity index (χ0) is 27.7. The molecule has 0 saturated carbocycles. The van der Waals surface area contributed by atoms with Crippen molar-refractivity contribution in [2.45, 2.75) is 13.0 Å². The maximum absolute atomic E-state index is 13.8. The zero-order valence-electron chi connectivity index (χ0n) is 20.7. The Hall–Kier alpha value is -3.14. The summed E-state index contributed by atoms with van der Waals surface area (Å²) in [5.74, 6) is 0.384. The van der Waals surface area contributed by atoms with E-state index in [1.54, 1.807) is 67.6 Å². The number of ether oxygens (including phenoxy) is 2. The second-order valence-electron chi connectivity index (χ2n) is 8.56. The summed E-state index contributed by atoms with van der Waals surface area (Å²) >= 11 is 20.1. The van der Waals surface area contributed by atoms with Crippen molar-refractivity contribution in [2.75, 3.05) is 20.3 Å². The minimum absolute atomic E-state index is 0.0598. The highest BCUT2D eigenvalue weighted by molar-refractivity contribution is 7.07. The molecule has 0 saturated heterocycles. The maximum atomic E-state index is 13.8. The van der Waals surface area contributed by atoms with Gasteiger partial charge in [-0.1, -0.05) is 64.3 Å². The fourth-order valence-corrected chi connectivity index (χ4v) is 6.03. The third-order valence-corrected chi connectivity index (χ3v) is 7.93. The van der Waals surface area contributed by atoms with Gasteiger partial charge in [0.05, 0.1) is 27.4 Å². The molecule has 1 unspecified atom stereocenters. The molecule has 1 atom stereocenters. The second-order valence-corrected chi connectivity index (χ2v) is 10.8. The fourth-order valence-electron chi connectivity index (χ4n) is 4.26. The van der Waals surface area contributed by atoms with Crippen molar-refractivity contribution >= 4 is 58.2 Å². The lowest BCUT2D eigenvalue weighted by Crippen LogP contribution is -2.40. The standard InChI is InChI=1S/C28H21Cl3N2O5S/c1-15-24(27(35)37-12-11-36-2)25(19-5-3-4-6-20(19)30)33-26(34)23(39-28(33)32-15)14-17-8-10-22(38-17)18-9-7-16(29)13-21(18)31/h3-10,13-14,25H,11-12H2,1-2H3/b23-14+. The highest BCUT2D eigenvalue weighted by atomic mass is 35.5. The van der Waals surface area contributed by atoms with Crippen LogP contribution < -0.4 is 14.9 Å². The van der Waals surface area contributed by atoms with Gasteiger partial charge in [-0.25, -0.2) is 9.79 Å². The number of furan rings is 1. The maximum Gasteiger partial charge on any atom is 0.338 e. The van der Waals surface area contributed by atoms with Crippen LogP contribution in [0.1, 0.15) is 24.3 Å². The molecule has 1 aliphatic rings. The summed E-state index contributed by atoms with van der Waals surface area (Å²) in [5.41, 5.74) is 1.58. The number of aromatic nitrogens is 1. The SMILES string of the molecule is COCCOC(=O)C1=C(C)N=c2s/c(=C/c3ccc(-c4ccc(Cl)cc4Cl)o3)c(=O)n2C1c1ccccc1Cl. The molecule has 11 heteroatoms. The molecule has 2 aromatic heterocycles. The number of thiazole rings is 1. The van der Waals surface area contributed by atoms with E-state index in [0.29, 0.717) is 52.7 Å². The van der Waals surface area contributed by atoms with E-state index in [2.05, 4.69) is 4.99 Å². The van der Waals surface area contributed by atoms with Gasteiger partial charge >= 0.3 is 5.97 Å². The zero-order valence-corrected chi connectivity index (χ0v) is 23.8. The van der Waals surface area contributed by atoms with Crippen molar-refractivity contribution in [3.63, 3.8) is 0 Å². The van der Waals surface area contributed by atoms with Crippen LogP contribution in [0.15, 0.2) is 80.1 Å². The number of carbonyl (C=O) groups excluding carboxylic acids is 1. The number of esters is 1. The van der Waals surface area contributed by atoms with E-state index in [4.69, 9.17) is 48.7 Å². The molecule has 0 amide bonds.